The Morgan fingerprint density at radius 2 is 1.96 bits per heavy atom. The molecule has 6 nitrogen and oxygen atoms in total. The summed E-state index contributed by atoms with van der Waals surface area (Å²) in [4.78, 5) is 6.39. The summed E-state index contributed by atoms with van der Waals surface area (Å²) in [5, 5.41) is 6.68. The van der Waals surface area contributed by atoms with E-state index >= 15 is 0 Å². The SMILES string of the molecule is CN=C(NCCCOCC1CCOCC1)NCC(c1ccc(F)cc1)N(C)C. The average molecular weight is 395 g/mol. The summed E-state index contributed by atoms with van der Waals surface area (Å²) < 4.78 is 24.3. The first-order valence-electron chi connectivity index (χ1n) is 10.1. The van der Waals surface area contributed by atoms with Crippen molar-refractivity contribution in [2.75, 3.05) is 60.7 Å². The summed E-state index contributed by atoms with van der Waals surface area (Å²) in [5.74, 6) is 1.19. The number of benzene rings is 1. The van der Waals surface area contributed by atoms with Gasteiger partial charge in [-0.15, -0.1) is 0 Å². The quantitative estimate of drug-likeness (QED) is 0.363. The molecule has 1 aromatic carbocycles. The van der Waals surface area contributed by atoms with Crippen molar-refractivity contribution in [3.05, 3.63) is 35.6 Å². The minimum absolute atomic E-state index is 0.127. The molecule has 7 heteroatoms. The third kappa shape index (κ3) is 8.12. The van der Waals surface area contributed by atoms with Crippen LogP contribution in [0, 0.1) is 11.7 Å². The lowest BCUT2D eigenvalue weighted by molar-refractivity contribution is 0.0203. The Morgan fingerprint density at radius 1 is 1.25 bits per heavy atom. The third-order valence-corrected chi connectivity index (χ3v) is 5.02. The maximum absolute atomic E-state index is 13.2. The summed E-state index contributed by atoms with van der Waals surface area (Å²) in [5.41, 5.74) is 1.07. The zero-order chi connectivity index (χ0) is 20.2. The van der Waals surface area contributed by atoms with Gasteiger partial charge in [-0.05, 0) is 57.0 Å². The van der Waals surface area contributed by atoms with E-state index in [0.717, 1.165) is 63.8 Å². The molecule has 1 aliphatic rings. The zero-order valence-corrected chi connectivity index (χ0v) is 17.4. The van der Waals surface area contributed by atoms with E-state index in [-0.39, 0.29) is 11.9 Å². The minimum Gasteiger partial charge on any atom is -0.381 e. The Bertz CT molecular complexity index is 574. The molecule has 0 amide bonds. The smallest absolute Gasteiger partial charge is 0.191 e. The van der Waals surface area contributed by atoms with Gasteiger partial charge in [-0.25, -0.2) is 4.39 Å². The van der Waals surface area contributed by atoms with Crippen LogP contribution in [-0.4, -0.2) is 71.5 Å². The van der Waals surface area contributed by atoms with Crippen molar-refractivity contribution in [2.24, 2.45) is 10.9 Å². The molecule has 0 saturated carbocycles. The second-order valence-electron chi connectivity index (χ2n) is 7.40. The molecule has 158 valence electrons. The Hall–Kier alpha value is -1.70. The Balaban J connectivity index is 1.64. The van der Waals surface area contributed by atoms with Crippen LogP contribution in [0.3, 0.4) is 0 Å². The van der Waals surface area contributed by atoms with Gasteiger partial charge in [0, 0.05) is 46.6 Å². The highest BCUT2D eigenvalue weighted by Crippen LogP contribution is 2.17. The van der Waals surface area contributed by atoms with Crippen LogP contribution in [-0.2, 0) is 9.47 Å². The zero-order valence-electron chi connectivity index (χ0n) is 17.4. The van der Waals surface area contributed by atoms with Crippen LogP contribution in [0.15, 0.2) is 29.3 Å². The fraction of sp³-hybridized carbons (Fsp3) is 0.667. The van der Waals surface area contributed by atoms with Crippen molar-refractivity contribution in [1.29, 1.82) is 0 Å². The van der Waals surface area contributed by atoms with Crippen molar-refractivity contribution < 1.29 is 13.9 Å². The molecule has 1 fully saturated rings. The molecular weight excluding hydrogens is 359 g/mol. The number of aliphatic imine (C=N–C) groups is 1. The Kier molecular flexibility index (Phi) is 10.2. The number of likely N-dealkylation sites (N-methyl/N-ethyl adjacent to an activating group) is 1. The van der Waals surface area contributed by atoms with Gasteiger partial charge in [0.1, 0.15) is 5.82 Å². The number of ether oxygens (including phenoxy) is 2. The number of halogens is 1. The largest absolute Gasteiger partial charge is 0.381 e. The van der Waals surface area contributed by atoms with Gasteiger partial charge in [0.2, 0.25) is 0 Å². The molecule has 0 bridgehead atoms. The highest BCUT2D eigenvalue weighted by Gasteiger charge is 2.15. The van der Waals surface area contributed by atoms with E-state index in [1.165, 1.54) is 12.1 Å². The fourth-order valence-electron chi connectivity index (χ4n) is 3.24. The van der Waals surface area contributed by atoms with Gasteiger partial charge in [0.15, 0.2) is 5.96 Å². The van der Waals surface area contributed by atoms with Crippen LogP contribution in [0.2, 0.25) is 0 Å². The van der Waals surface area contributed by atoms with Gasteiger partial charge in [-0.2, -0.15) is 0 Å². The molecule has 1 atom stereocenters. The standard InChI is InChI=1S/C21H35FN4O2/c1-23-21(24-11-4-12-28-16-17-9-13-27-14-10-17)25-15-20(26(2)3)18-5-7-19(22)8-6-18/h5-8,17,20H,4,9-16H2,1-3H3,(H2,23,24,25). The van der Waals surface area contributed by atoms with Crippen LogP contribution >= 0.6 is 0 Å². The molecule has 0 spiro atoms. The van der Waals surface area contributed by atoms with E-state index in [4.69, 9.17) is 9.47 Å². The molecule has 0 aliphatic carbocycles. The number of nitrogens with one attached hydrogen (secondary N) is 2. The van der Waals surface area contributed by atoms with Crippen molar-refractivity contribution >= 4 is 5.96 Å². The molecule has 2 N–H and O–H groups in total. The molecule has 28 heavy (non-hydrogen) atoms. The predicted molar refractivity (Wildman–Crippen MR) is 111 cm³/mol. The van der Waals surface area contributed by atoms with Gasteiger partial charge in [-0.3, -0.25) is 4.99 Å². The van der Waals surface area contributed by atoms with E-state index in [1.807, 2.05) is 26.2 Å². The molecule has 2 rings (SSSR count). The van der Waals surface area contributed by atoms with Crippen molar-refractivity contribution in [2.45, 2.75) is 25.3 Å². The number of rotatable bonds is 10. The van der Waals surface area contributed by atoms with Crippen molar-refractivity contribution in [1.82, 2.24) is 15.5 Å². The average Bonchev–Trinajstić information content (AvgIpc) is 2.71. The summed E-state index contributed by atoms with van der Waals surface area (Å²) >= 11 is 0. The second kappa shape index (κ2) is 12.7. The number of hydrogen-bond donors (Lipinski definition) is 2. The van der Waals surface area contributed by atoms with Crippen LogP contribution < -0.4 is 10.6 Å². The minimum atomic E-state index is -0.217. The summed E-state index contributed by atoms with van der Waals surface area (Å²) in [6.45, 7) is 4.79. The number of guanidine groups is 1. The fourth-order valence-corrected chi connectivity index (χ4v) is 3.24. The molecule has 0 aromatic heterocycles. The van der Waals surface area contributed by atoms with Gasteiger partial charge < -0.3 is 25.0 Å². The molecule has 0 radical (unpaired) electrons. The number of nitrogens with zero attached hydrogens (tertiary/aromatic N) is 2. The molecular formula is C21H35FN4O2. The molecule has 1 heterocycles. The van der Waals surface area contributed by atoms with Crippen LogP contribution in [0.5, 0.6) is 0 Å². The van der Waals surface area contributed by atoms with Crippen LogP contribution in [0.1, 0.15) is 30.9 Å². The maximum atomic E-state index is 13.2. The summed E-state index contributed by atoms with van der Waals surface area (Å²) in [6.07, 6.45) is 3.14. The third-order valence-electron chi connectivity index (χ3n) is 5.02. The van der Waals surface area contributed by atoms with Crippen molar-refractivity contribution in [3.8, 4) is 0 Å². The van der Waals surface area contributed by atoms with Crippen LogP contribution in [0.4, 0.5) is 4.39 Å². The molecule has 1 aliphatic heterocycles. The van der Waals surface area contributed by atoms with E-state index in [9.17, 15) is 4.39 Å². The van der Waals surface area contributed by atoms with Crippen molar-refractivity contribution in [3.63, 3.8) is 0 Å². The lowest BCUT2D eigenvalue weighted by Crippen LogP contribution is -2.42. The Morgan fingerprint density at radius 3 is 2.61 bits per heavy atom. The highest BCUT2D eigenvalue weighted by molar-refractivity contribution is 5.79. The maximum Gasteiger partial charge on any atom is 0.191 e. The predicted octanol–water partition coefficient (Wildman–Crippen LogP) is 2.43. The first-order valence-corrected chi connectivity index (χ1v) is 10.1. The van der Waals surface area contributed by atoms with Gasteiger partial charge in [-0.1, -0.05) is 12.1 Å². The van der Waals surface area contributed by atoms with E-state index < -0.39 is 0 Å². The van der Waals surface area contributed by atoms with E-state index in [0.29, 0.717) is 12.5 Å². The van der Waals surface area contributed by atoms with Gasteiger partial charge in [0.25, 0.3) is 0 Å². The first-order chi connectivity index (χ1) is 13.6. The summed E-state index contributed by atoms with van der Waals surface area (Å²) in [6, 6.07) is 6.78. The molecule has 1 saturated heterocycles. The lowest BCUT2D eigenvalue weighted by atomic mass is 10.0. The monoisotopic (exact) mass is 394 g/mol. The topological polar surface area (TPSA) is 58.1 Å². The highest BCUT2D eigenvalue weighted by atomic mass is 19.1. The van der Waals surface area contributed by atoms with Gasteiger partial charge >= 0.3 is 0 Å². The molecule has 1 unspecified atom stereocenters. The van der Waals surface area contributed by atoms with Crippen LogP contribution in [0.25, 0.3) is 0 Å². The van der Waals surface area contributed by atoms with E-state index in [2.05, 4.69) is 20.5 Å². The lowest BCUT2D eigenvalue weighted by Gasteiger charge is -2.26. The Labute approximate surface area is 168 Å². The summed E-state index contributed by atoms with van der Waals surface area (Å²) in [7, 11) is 5.79. The molecule has 1 aromatic rings. The normalized spacial score (nSPS) is 17.0. The van der Waals surface area contributed by atoms with Gasteiger partial charge in [0.05, 0.1) is 6.04 Å². The second-order valence-corrected chi connectivity index (χ2v) is 7.40. The van der Waals surface area contributed by atoms with E-state index in [1.54, 1.807) is 7.05 Å². The first kappa shape index (κ1) is 22.6. The number of hydrogen-bond acceptors (Lipinski definition) is 4.